The Labute approximate surface area is 401 Å². The lowest BCUT2D eigenvalue weighted by Crippen LogP contribution is -2.60. The van der Waals surface area contributed by atoms with Crippen molar-refractivity contribution in [3.05, 3.63) is 12.2 Å². The molecular weight excluding hydrogens is 815 g/mol. The first-order valence-electron chi connectivity index (χ1n) is 28.4. The fourth-order valence-corrected chi connectivity index (χ4v) is 9.34. The van der Waals surface area contributed by atoms with Crippen molar-refractivity contribution in [1.82, 2.24) is 5.32 Å². The van der Waals surface area contributed by atoms with Gasteiger partial charge in [0.05, 0.1) is 25.4 Å². The highest BCUT2D eigenvalue weighted by Crippen LogP contribution is 2.23. The Balaban J connectivity index is 2.11. The number of ether oxygens (including phenoxy) is 2. The number of aliphatic hydroxyl groups is 5. The Bertz CT molecular complexity index is 1030. The predicted molar refractivity (Wildman–Crippen MR) is 272 cm³/mol. The molecule has 0 aliphatic carbocycles. The Kier molecular flexibility index (Phi) is 44.5. The van der Waals surface area contributed by atoms with Crippen LogP contribution in [0.25, 0.3) is 0 Å². The molecule has 1 fully saturated rings. The molecule has 0 saturated carbocycles. The number of allylic oxidation sites excluding steroid dienone is 1. The lowest BCUT2D eigenvalue weighted by molar-refractivity contribution is -0.302. The molecule has 0 aromatic heterocycles. The van der Waals surface area contributed by atoms with Gasteiger partial charge in [-0.1, -0.05) is 270 Å². The highest BCUT2D eigenvalue weighted by atomic mass is 16.7. The van der Waals surface area contributed by atoms with Crippen molar-refractivity contribution in [3.63, 3.8) is 0 Å². The molecule has 1 rings (SSSR count). The zero-order valence-corrected chi connectivity index (χ0v) is 42.8. The molecule has 1 heterocycles. The normalized spacial score (nSPS) is 19.9. The topological polar surface area (TPSA) is 149 Å². The third kappa shape index (κ3) is 36.6. The van der Waals surface area contributed by atoms with Gasteiger partial charge in [0.2, 0.25) is 5.91 Å². The second kappa shape index (κ2) is 46.6. The van der Waals surface area contributed by atoms with Crippen molar-refractivity contribution < 1.29 is 39.8 Å². The van der Waals surface area contributed by atoms with E-state index in [1.807, 2.05) is 6.08 Å². The minimum atomic E-state index is -1.56. The Morgan fingerprint density at radius 1 is 0.508 bits per heavy atom. The fourth-order valence-electron chi connectivity index (χ4n) is 9.34. The van der Waals surface area contributed by atoms with Gasteiger partial charge >= 0.3 is 0 Å². The second-order valence-electron chi connectivity index (χ2n) is 20.1. The highest BCUT2D eigenvalue weighted by molar-refractivity contribution is 5.76. The number of carbonyl (C=O) groups excluding carboxylic acids is 1. The van der Waals surface area contributed by atoms with Crippen molar-refractivity contribution in [3.8, 4) is 0 Å². The van der Waals surface area contributed by atoms with Crippen LogP contribution in [-0.4, -0.2) is 87.5 Å². The molecule has 65 heavy (non-hydrogen) atoms. The summed E-state index contributed by atoms with van der Waals surface area (Å²) in [7, 11) is 0. The van der Waals surface area contributed by atoms with Gasteiger partial charge < -0.3 is 40.3 Å². The molecule has 1 saturated heterocycles. The van der Waals surface area contributed by atoms with Crippen LogP contribution in [0.4, 0.5) is 0 Å². The van der Waals surface area contributed by atoms with Gasteiger partial charge in [0, 0.05) is 6.42 Å². The van der Waals surface area contributed by atoms with Gasteiger partial charge in [-0.05, 0) is 19.3 Å². The van der Waals surface area contributed by atoms with Gasteiger partial charge in [-0.15, -0.1) is 0 Å². The molecule has 1 amide bonds. The molecule has 1 aliphatic rings. The highest BCUT2D eigenvalue weighted by Gasteiger charge is 2.44. The SMILES string of the molecule is CCCCCCCCCCCC/C=C/C(O)C(COC1OC(CO)C(O)C(O)C1O)NC(=O)CCCCCCCCCCCCCCCCCCCCCCCCCCCCCCCC. The van der Waals surface area contributed by atoms with E-state index < -0.39 is 49.5 Å². The average Bonchev–Trinajstić information content (AvgIpc) is 3.31. The van der Waals surface area contributed by atoms with Crippen LogP contribution >= 0.6 is 0 Å². The van der Waals surface area contributed by atoms with Gasteiger partial charge in [-0.2, -0.15) is 0 Å². The van der Waals surface area contributed by atoms with Crippen molar-refractivity contribution >= 4 is 5.91 Å². The first kappa shape index (κ1) is 61.9. The van der Waals surface area contributed by atoms with Crippen LogP contribution < -0.4 is 5.32 Å². The van der Waals surface area contributed by atoms with Crippen molar-refractivity contribution in [1.29, 1.82) is 0 Å². The molecular formula is C56H109NO8. The zero-order chi connectivity index (χ0) is 47.3. The maximum atomic E-state index is 13.0. The van der Waals surface area contributed by atoms with Crippen LogP contribution in [0.15, 0.2) is 12.2 Å². The minimum absolute atomic E-state index is 0.172. The predicted octanol–water partition coefficient (Wildman–Crippen LogP) is 13.6. The van der Waals surface area contributed by atoms with Crippen LogP contribution in [0.1, 0.15) is 284 Å². The van der Waals surface area contributed by atoms with E-state index in [0.717, 1.165) is 38.5 Å². The molecule has 6 N–H and O–H groups in total. The molecule has 386 valence electrons. The summed E-state index contributed by atoms with van der Waals surface area (Å²) in [6.07, 6.45) is 50.1. The summed E-state index contributed by atoms with van der Waals surface area (Å²) in [5, 5.41) is 54.3. The van der Waals surface area contributed by atoms with Crippen LogP contribution in [0, 0.1) is 0 Å². The lowest BCUT2D eigenvalue weighted by Gasteiger charge is -2.40. The molecule has 1 aliphatic heterocycles. The number of unbranched alkanes of at least 4 members (excludes halogenated alkanes) is 39. The van der Waals surface area contributed by atoms with Crippen LogP contribution in [0.5, 0.6) is 0 Å². The van der Waals surface area contributed by atoms with Crippen molar-refractivity contribution in [2.75, 3.05) is 13.2 Å². The van der Waals surface area contributed by atoms with Gasteiger partial charge in [0.15, 0.2) is 6.29 Å². The van der Waals surface area contributed by atoms with Crippen LogP contribution in [-0.2, 0) is 14.3 Å². The largest absolute Gasteiger partial charge is 0.394 e. The average molecular weight is 924 g/mol. The molecule has 0 radical (unpaired) electrons. The van der Waals surface area contributed by atoms with E-state index in [9.17, 15) is 30.3 Å². The fraction of sp³-hybridized carbons (Fsp3) is 0.946. The maximum absolute atomic E-state index is 13.0. The lowest BCUT2D eigenvalue weighted by atomic mass is 9.99. The van der Waals surface area contributed by atoms with E-state index >= 15 is 0 Å². The standard InChI is InChI=1S/C56H109NO8/c1-3-5-7-9-11-13-15-17-18-19-20-21-22-23-24-25-26-27-28-29-30-31-32-33-34-36-38-40-42-44-46-52(60)57-49(48-64-56-55(63)54(62)53(61)51(47-58)65-56)50(59)45-43-41-39-37-35-16-14-12-10-8-6-4-2/h43,45,49-51,53-56,58-59,61-63H,3-42,44,46-48H2,1-2H3,(H,57,60)/b45-43+. The van der Waals surface area contributed by atoms with E-state index in [-0.39, 0.29) is 12.5 Å². The smallest absolute Gasteiger partial charge is 0.220 e. The zero-order valence-electron chi connectivity index (χ0n) is 42.8. The number of aliphatic hydroxyl groups excluding tert-OH is 5. The summed E-state index contributed by atoms with van der Waals surface area (Å²) in [4.78, 5) is 13.0. The first-order valence-corrected chi connectivity index (χ1v) is 28.4. The number of amides is 1. The van der Waals surface area contributed by atoms with E-state index in [1.54, 1.807) is 6.08 Å². The second-order valence-corrected chi connectivity index (χ2v) is 20.1. The van der Waals surface area contributed by atoms with Crippen molar-refractivity contribution in [2.45, 2.75) is 326 Å². The number of carbonyl (C=O) groups is 1. The molecule has 0 bridgehead atoms. The molecule has 0 aromatic rings. The molecule has 9 heteroatoms. The maximum Gasteiger partial charge on any atom is 0.220 e. The molecule has 0 spiro atoms. The number of nitrogens with one attached hydrogen (secondary N) is 1. The molecule has 7 atom stereocenters. The molecule has 7 unspecified atom stereocenters. The van der Waals surface area contributed by atoms with Gasteiger partial charge in [0.25, 0.3) is 0 Å². The summed E-state index contributed by atoms with van der Waals surface area (Å²) >= 11 is 0. The van der Waals surface area contributed by atoms with E-state index in [1.165, 1.54) is 225 Å². The van der Waals surface area contributed by atoms with Crippen LogP contribution in [0.2, 0.25) is 0 Å². The summed E-state index contributed by atoms with van der Waals surface area (Å²) < 4.78 is 11.2. The van der Waals surface area contributed by atoms with E-state index in [0.29, 0.717) is 6.42 Å². The summed E-state index contributed by atoms with van der Waals surface area (Å²) in [6, 6.07) is -0.799. The van der Waals surface area contributed by atoms with E-state index in [2.05, 4.69) is 19.2 Å². The van der Waals surface area contributed by atoms with Gasteiger partial charge in [-0.3, -0.25) is 4.79 Å². The molecule has 0 aromatic carbocycles. The molecule has 9 nitrogen and oxygen atoms in total. The quantitative estimate of drug-likeness (QED) is 0.0261. The third-order valence-corrected chi connectivity index (χ3v) is 13.9. The number of hydrogen-bond donors (Lipinski definition) is 6. The summed E-state index contributed by atoms with van der Waals surface area (Å²) in [6.45, 7) is 3.80. The monoisotopic (exact) mass is 924 g/mol. The van der Waals surface area contributed by atoms with Crippen molar-refractivity contribution in [2.24, 2.45) is 0 Å². The van der Waals surface area contributed by atoms with Gasteiger partial charge in [-0.25, -0.2) is 0 Å². The first-order chi connectivity index (χ1) is 31.8. The summed E-state index contributed by atoms with van der Waals surface area (Å²) in [5.41, 5.74) is 0. The number of rotatable bonds is 49. The number of hydrogen-bond acceptors (Lipinski definition) is 8. The van der Waals surface area contributed by atoms with E-state index in [4.69, 9.17) is 9.47 Å². The minimum Gasteiger partial charge on any atom is -0.394 e. The Morgan fingerprint density at radius 3 is 1.20 bits per heavy atom. The van der Waals surface area contributed by atoms with Gasteiger partial charge in [0.1, 0.15) is 24.4 Å². The van der Waals surface area contributed by atoms with Crippen LogP contribution in [0.3, 0.4) is 0 Å². The summed E-state index contributed by atoms with van der Waals surface area (Å²) in [5.74, 6) is -0.172. The Hall–Kier alpha value is -1.07. The third-order valence-electron chi connectivity index (χ3n) is 13.9. The Morgan fingerprint density at radius 2 is 0.846 bits per heavy atom.